The lowest BCUT2D eigenvalue weighted by Crippen LogP contribution is -2.34. The van der Waals surface area contributed by atoms with Gasteiger partial charge in [-0.2, -0.15) is 0 Å². The molecule has 0 aliphatic carbocycles. The Hall–Kier alpha value is -3.08. The number of hydrogen-bond acceptors (Lipinski definition) is 9. The first-order chi connectivity index (χ1) is 30.1. The molecule has 0 aromatic rings. The van der Waals surface area contributed by atoms with Gasteiger partial charge in [0.2, 0.25) is 0 Å². The lowest BCUT2D eigenvalue weighted by atomic mass is 10.0. The topological polar surface area (TPSA) is 172 Å². The molecule has 356 valence electrons. The Labute approximate surface area is 376 Å². The highest BCUT2D eigenvalue weighted by Gasteiger charge is 2.28. The van der Waals surface area contributed by atoms with E-state index >= 15 is 0 Å². The second kappa shape index (κ2) is 44.5. The zero-order valence-corrected chi connectivity index (χ0v) is 39.6. The van der Waals surface area contributed by atoms with Crippen molar-refractivity contribution in [2.75, 3.05) is 19.8 Å². The van der Waals surface area contributed by atoms with Crippen molar-refractivity contribution in [2.24, 2.45) is 5.73 Å². The van der Waals surface area contributed by atoms with Crippen LogP contribution >= 0.6 is 7.82 Å². The molecular weight excluding hydrogens is 806 g/mol. The molecule has 3 atom stereocenters. The maximum atomic E-state index is 12.6. The third-order valence-corrected chi connectivity index (χ3v) is 10.9. The minimum Gasteiger partial charge on any atom is -0.480 e. The van der Waals surface area contributed by atoms with Gasteiger partial charge >= 0.3 is 25.7 Å². The van der Waals surface area contributed by atoms with Crippen molar-refractivity contribution >= 4 is 25.7 Å². The van der Waals surface area contributed by atoms with E-state index in [0.29, 0.717) is 19.3 Å². The first-order valence-corrected chi connectivity index (χ1v) is 25.5. The standard InChI is InChI=1S/C50H86NO10P/c1-3-5-7-9-11-13-15-17-19-21-23-25-27-29-31-33-35-37-39-41-48(52)58-43-46(44-59-62(56,57)60-45-47(51)50(54)55)61-49(53)42-40-38-36-34-32-30-28-26-24-22-20-18-16-14-12-10-8-6-4-2/h6,8,12,14,18,20,24,26,30,32,36,38,46-47H,3-5,7,9-11,13,15-17,19,21-23,25,27-29,31,33-35,37,39-45,51H2,1-2H3,(H,54,55)(H,56,57)/b8-6-,14-12-,20-18-,26-24-,32-30-,38-36-/t46-,47+/m1/s1. The summed E-state index contributed by atoms with van der Waals surface area (Å²) in [5, 5.41) is 8.91. The summed E-state index contributed by atoms with van der Waals surface area (Å²) >= 11 is 0. The predicted octanol–water partition coefficient (Wildman–Crippen LogP) is 13.3. The van der Waals surface area contributed by atoms with Gasteiger partial charge in [-0.05, 0) is 51.4 Å². The Morgan fingerprint density at radius 1 is 0.516 bits per heavy atom. The molecule has 0 aromatic heterocycles. The zero-order valence-electron chi connectivity index (χ0n) is 38.7. The van der Waals surface area contributed by atoms with Gasteiger partial charge in [0, 0.05) is 12.8 Å². The highest BCUT2D eigenvalue weighted by atomic mass is 31.2. The van der Waals surface area contributed by atoms with Crippen LogP contribution in [0.4, 0.5) is 0 Å². The number of carbonyl (C=O) groups excluding carboxylic acids is 2. The van der Waals surface area contributed by atoms with Gasteiger partial charge < -0.3 is 25.2 Å². The third kappa shape index (κ3) is 43.6. The summed E-state index contributed by atoms with van der Waals surface area (Å²) in [4.78, 5) is 46.1. The molecule has 11 nitrogen and oxygen atoms in total. The lowest BCUT2D eigenvalue weighted by Gasteiger charge is -2.20. The van der Waals surface area contributed by atoms with E-state index < -0.39 is 51.1 Å². The van der Waals surface area contributed by atoms with Crippen molar-refractivity contribution in [1.29, 1.82) is 0 Å². The molecule has 62 heavy (non-hydrogen) atoms. The van der Waals surface area contributed by atoms with Gasteiger partial charge in [0.25, 0.3) is 0 Å². The summed E-state index contributed by atoms with van der Waals surface area (Å²) in [6.07, 6.45) is 54.1. The zero-order chi connectivity index (χ0) is 45.6. The van der Waals surface area contributed by atoms with Crippen LogP contribution in [0.1, 0.15) is 194 Å². The Balaban J connectivity index is 4.40. The first-order valence-electron chi connectivity index (χ1n) is 24.0. The van der Waals surface area contributed by atoms with Gasteiger partial charge in [0.1, 0.15) is 12.6 Å². The Kier molecular flexibility index (Phi) is 42.3. The summed E-state index contributed by atoms with van der Waals surface area (Å²) in [6, 6.07) is -1.54. The highest BCUT2D eigenvalue weighted by Crippen LogP contribution is 2.43. The number of unbranched alkanes of at least 4 members (excludes halogenated alkanes) is 18. The molecule has 0 fully saturated rings. The van der Waals surface area contributed by atoms with E-state index in [2.05, 4.69) is 79.1 Å². The first kappa shape index (κ1) is 58.9. The summed E-state index contributed by atoms with van der Waals surface area (Å²) in [7, 11) is -4.74. The number of aliphatic carboxylic acids is 1. The minimum absolute atomic E-state index is 0.0344. The average molecular weight is 892 g/mol. The number of carboxylic acids is 1. The largest absolute Gasteiger partial charge is 0.480 e. The molecule has 0 aliphatic rings. The van der Waals surface area contributed by atoms with Crippen LogP contribution in [0.2, 0.25) is 0 Å². The molecule has 0 heterocycles. The molecule has 0 rings (SSSR count). The molecule has 0 amide bonds. The van der Waals surface area contributed by atoms with Crippen LogP contribution in [-0.4, -0.2) is 59.9 Å². The van der Waals surface area contributed by atoms with E-state index in [4.69, 9.17) is 24.8 Å². The number of carboxylic acid groups (broad SMARTS) is 1. The van der Waals surface area contributed by atoms with Crippen molar-refractivity contribution in [2.45, 2.75) is 206 Å². The van der Waals surface area contributed by atoms with Gasteiger partial charge in [0.15, 0.2) is 6.10 Å². The van der Waals surface area contributed by atoms with Gasteiger partial charge in [-0.1, -0.05) is 202 Å². The van der Waals surface area contributed by atoms with E-state index in [1.807, 2.05) is 12.2 Å². The van der Waals surface area contributed by atoms with Crippen molar-refractivity contribution in [3.05, 3.63) is 72.9 Å². The number of nitrogens with two attached hydrogens (primary N) is 1. The Morgan fingerprint density at radius 2 is 0.903 bits per heavy atom. The van der Waals surface area contributed by atoms with Crippen LogP contribution in [-0.2, 0) is 37.5 Å². The second-order valence-corrected chi connectivity index (χ2v) is 17.3. The van der Waals surface area contributed by atoms with E-state index in [0.717, 1.165) is 51.4 Å². The van der Waals surface area contributed by atoms with Crippen LogP contribution < -0.4 is 5.73 Å². The van der Waals surface area contributed by atoms with Crippen molar-refractivity contribution < 1.29 is 47.5 Å². The fourth-order valence-electron chi connectivity index (χ4n) is 6.27. The van der Waals surface area contributed by atoms with E-state index in [1.54, 1.807) is 0 Å². The average Bonchev–Trinajstić information content (AvgIpc) is 3.25. The quantitative estimate of drug-likeness (QED) is 0.0230. The number of rotatable bonds is 44. The summed E-state index contributed by atoms with van der Waals surface area (Å²) in [6.45, 7) is 2.63. The van der Waals surface area contributed by atoms with E-state index in [9.17, 15) is 23.8 Å². The van der Waals surface area contributed by atoms with Crippen molar-refractivity contribution in [3.63, 3.8) is 0 Å². The monoisotopic (exact) mass is 892 g/mol. The molecule has 1 unspecified atom stereocenters. The van der Waals surface area contributed by atoms with Crippen LogP contribution in [0.15, 0.2) is 72.9 Å². The van der Waals surface area contributed by atoms with Gasteiger partial charge in [-0.25, -0.2) is 4.57 Å². The number of ether oxygens (including phenoxy) is 2. The molecule has 12 heteroatoms. The fraction of sp³-hybridized carbons (Fsp3) is 0.700. The molecule has 0 bridgehead atoms. The summed E-state index contributed by atoms with van der Waals surface area (Å²) < 4.78 is 32.7. The number of hydrogen-bond donors (Lipinski definition) is 3. The maximum Gasteiger partial charge on any atom is 0.472 e. The molecule has 0 saturated carbocycles. The molecule has 4 N–H and O–H groups in total. The van der Waals surface area contributed by atoms with Crippen molar-refractivity contribution in [1.82, 2.24) is 0 Å². The summed E-state index contributed by atoms with van der Waals surface area (Å²) in [5.74, 6) is -2.48. The van der Waals surface area contributed by atoms with Crippen LogP contribution in [0.5, 0.6) is 0 Å². The van der Waals surface area contributed by atoms with Crippen LogP contribution in [0.25, 0.3) is 0 Å². The van der Waals surface area contributed by atoms with E-state index in [-0.39, 0.29) is 19.4 Å². The molecule has 0 aromatic carbocycles. The third-order valence-electron chi connectivity index (χ3n) is 9.98. The highest BCUT2D eigenvalue weighted by molar-refractivity contribution is 7.47. The van der Waals surface area contributed by atoms with Crippen LogP contribution in [0, 0.1) is 0 Å². The predicted molar refractivity (Wildman–Crippen MR) is 254 cm³/mol. The molecule has 0 radical (unpaired) electrons. The van der Waals surface area contributed by atoms with Gasteiger partial charge in [0.05, 0.1) is 13.2 Å². The number of esters is 2. The second-order valence-electron chi connectivity index (χ2n) is 15.9. The maximum absolute atomic E-state index is 12.6. The van der Waals surface area contributed by atoms with Gasteiger partial charge in [-0.15, -0.1) is 0 Å². The fourth-order valence-corrected chi connectivity index (χ4v) is 7.05. The molecular formula is C50H86NO10P. The number of phosphoric acid groups is 1. The van der Waals surface area contributed by atoms with Crippen molar-refractivity contribution in [3.8, 4) is 0 Å². The molecule has 0 saturated heterocycles. The van der Waals surface area contributed by atoms with Gasteiger partial charge in [-0.3, -0.25) is 23.4 Å². The SMILES string of the molecule is CC/C=C\C/C=C\C/C=C\C/C=C\C/C=C\C/C=C\CCC(=O)O[C@H](COC(=O)CCCCCCCCCCCCCCCCCCCCC)COP(=O)(O)OC[C@H](N)C(=O)O. The molecule has 0 spiro atoms. The number of allylic oxidation sites excluding steroid dienone is 12. The Bertz CT molecular complexity index is 1320. The number of phosphoric ester groups is 1. The van der Waals surface area contributed by atoms with Crippen LogP contribution in [0.3, 0.4) is 0 Å². The molecule has 0 aliphatic heterocycles. The summed E-state index contributed by atoms with van der Waals surface area (Å²) in [5.41, 5.74) is 5.34. The number of carbonyl (C=O) groups is 3. The Morgan fingerprint density at radius 3 is 1.32 bits per heavy atom. The van der Waals surface area contributed by atoms with E-state index in [1.165, 1.54) is 96.3 Å². The normalized spacial score (nSPS) is 14.3. The lowest BCUT2D eigenvalue weighted by molar-refractivity contribution is -0.161. The smallest absolute Gasteiger partial charge is 0.472 e. The minimum atomic E-state index is -4.74.